The molecule has 1 N–H and O–H groups in total. The lowest BCUT2D eigenvalue weighted by molar-refractivity contribution is 0.0642. The molecule has 1 aromatic heterocycles. The monoisotopic (exact) mass is 451 g/mol. The van der Waals surface area contributed by atoms with Gasteiger partial charge in [-0.1, -0.05) is 41.9 Å². The van der Waals surface area contributed by atoms with Crippen molar-refractivity contribution in [3.8, 4) is 0 Å². The van der Waals surface area contributed by atoms with Gasteiger partial charge in [0.15, 0.2) is 0 Å². The average molecular weight is 452 g/mol. The van der Waals surface area contributed by atoms with Gasteiger partial charge in [0, 0.05) is 0 Å². The molecule has 0 radical (unpaired) electrons. The van der Waals surface area contributed by atoms with Crippen LogP contribution >= 0.6 is 22.9 Å². The molecule has 1 aliphatic rings. The van der Waals surface area contributed by atoms with Crippen LogP contribution in [0.3, 0.4) is 0 Å². The second-order valence-electron chi connectivity index (χ2n) is 6.71. The molecule has 2 aromatic carbocycles. The normalized spacial score (nSPS) is 12.5. The van der Waals surface area contributed by atoms with Gasteiger partial charge in [-0.2, -0.15) is 0 Å². The quantitative estimate of drug-likeness (QED) is 0.343. The van der Waals surface area contributed by atoms with E-state index in [1.807, 2.05) is 0 Å². The maximum absolute atomic E-state index is 13.0. The average Bonchev–Trinajstić information content (AvgIpc) is 3.31. The van der Waals surface area contributed by atoms with Crippen molar-refractivity contribution in [3.63, 3.8) is 0 Å². The summed E-state index contributed by atoms with van der Waals surface area (Å²) in [6, 6.07) is 15.0. The summed E-state index contributed by atoms with van der Waals surface area (Å²) in [5.74, 6) is -1.31. The Morgan fingerprint density at radius 1 is 1.03 bits per heavy atom. The molecule has 7 nitrogen and oxygen atoms in total. The van der Waals surface area contributed by atoms with E-state index in [2.05, 4.69) is 10.3 Å². The zero-order valence-electron chi connectivity index (χ0n) is 15.9. The van der Waals surface area contributed by atoms with Crippen molar-refractivity contribution in [1.29, 1.82) is 0 Å². The molecule has 0 spiro atoms. The third kappa shape index (κ3) is 4.18. The zero-order valence-corrected chi connectivity index (χ0v) is 17.5. The molecule has 0 aliphatic carbocycles. The van der Waals surface area contributed by atoms with Crippen LogP contribution in [0.5, 0.6) is 0 Å². The van der Waals surface area contributed by atoms with E-state index < -0.39 is 17.7 Å². The van der Waals surface area contributed by atoms with Gasteiger partial charge in [-0.25, -0.2) is 9.79 Å². The van der Waals surface area contributed by atoms with Gasteiger partial charge >= 0.3 is 0 Å². The molecule has 0 atom stereocenters. The number of benzene rings is 2. The molecule has 1 aliphatic heterocycles. The molecule has 0 unspecified atom stereocenters. The summed E-state index contributed by atoms with van der Waals surface area (Å²) >= 11 is 7.01. The summed E-state index contributed by atoms with van der Waals surface area (Å²) in [6.45, 7) is 0.298. The first-order valence-corrected chi connectivity index (χ1v) is 10.3. The lowest BCUT2D eigenvalue weighted by Gasteiger charge is -2.14. The van der Waals surface area contributed by atoms with Crippen LogP contribution in [-0.4, -0.2) is 28.7 Å². The highest BCUT2D eigenvalue weighted by molar-refractivity contribution is 7.18. The van der Waals surface area contributed by atoms with Crippen LogP contribution < -0.4 is 5.32 Å². The number of imide groups is 1. The minimum atomic E-state index is -0.477. The number of isocyanates is 1. The number of rotatable bonds is 6. The number of anilines is 1. The van der Waals surface area contributed by atoms with Gasteiger partial charge in [-0.05, 0) is 35.4 Å². The van der Waals surface area contributed by atoms with Gasteiger partial charge in [0.05, 0.1) is 39.1 Å². The van der Waals surface area contributed by atoms with E-state index in [4.69, 9.17) is 11.6 Å². The lowest BCUT2D eigenvalue weighted by atomic mass is 10.1. The number of thiophene rings is 1. The van der Waals surface area contributed by atoms with Crippen molar-refractivity contribution in [1.82, 2.24) is 4.90 Å². The van der Waals surface area contributed by atoms with E-state index in [1.54, 1.807) is 54.6 Å². The zero-order chi connectivity index (χ0) is 22.0. The van der Waals surface area contributed by atoms with E-state index in [-0.39, 0.29) is 29.9 Å². The molecule has 2 heterocycles. The Balaban J connectivity index is 1.55. The molecule has 4 rings (SSSR count). The molecular formula is C22H14ClN3O4S. The third-order valence-electron chi connectivity index (χ3n) is 4.73. The standard InChI is InChI=1S/C22H14ClN3O4S/c23-18-9-8-17(31-18)20(28)25-16-3-1-2-15-19(16)22(30)26(21(15)29)11-14-6-4-13(5-7-14)10-24-12-27/h1-9H,10-11H2,(H,25,28). The molecular weight excluding hydrogens is 438 g/mol. The Labute approximate surface area is 186 Å². The summed E-state index contributed by atoms with van der Waals surface area (Å²) < 4.78 is 0.477. The Hall–Kier alpha value is -3.58. The molecule has 154 valence electrons. The lowest BCUT2D eigenvalue weighted by Crippen LogP contribution is -2.29. The number of nitrogens with one attached hydrogen (secondary N) is 1. The molecule has 0 bridgehead atoms. The molecule has 0 saturated carbocycles. The summed E-state index contributed by atoms with van der Waals surface area (Å²) in [4.78, 5) is 53.7. The molecule has 0 saturated heterocycles. The fourth-order valence-electron chi connectivity index (χ4n) is 3.26. The van der Waals surface area contributed by atoms with Crippen LogP contribution in [0, 0.1) is 0 Å². The minimum Gasteiger partial charge on any atom is -0.321 e. The summed E-state index contributed by atoms with van der Waals surface area (Å²) in [5, 5.41) is 2.71. The molecule has 0 fully saturated rings. The smallest absolute Gasteiger partial charge is 0.265 e. The van der Waals surface area contributed by atoms with Gasteiger partial charge in [0.1, 0.15) is 0 Å². The molecule has 31 heavy (non-hydrogen) atoms. The first-order chi connectivity index (χ1) is 15.0. The highest BCUT2D eigenvalue weighted by atomic mass is 35.5. The van der Waals surface area contributed by atoms with Crippen molar-refractivity contribution >= 4 is 52.4 Å². The number of nitrogens with zero attached hydrogens (tertiary/aromatic N) is 2. The van der Waals surface area contributed by atoms with E-state index >= 15 is 0 Å². The van der Waals surface area contributed by atoms with Gasteiger partial charge < -0.3 is 5.32 Å². The first-order valence-electron chi connectivity index (χ1n) is 9.15. The van der Waals surface area contributed by atoms with E-state index in [1.165, 1.54) is 6.08 Å². The van der Waals surface area contributed by atoms with E-state index in [9.17, 15) is 19.2 Å². The number of aliphatic imine (C=N–C) groups is 1. The van der Waals surface area contributed by atoms with Gasteiger partial charge in [0.25, 0.3) is 17.7 Å². The van der Waals surface area contributed by atoms with Crippen molar-refractivity contribution < 1.29 is 19.2 Å². The van der Waals surface area contributed by atoms with Crippen LogP contribution in [0.15, 0.2) is 59.6 Å². The minimum absolute atomic E-state index is 0.0808. The van der Waals surface area contributed by atoms with Gasteiger partial charge in [-0.3, -0.25) is 19.3 Å². The number of carbonyl (C=O) groups excluding carboxylic acids is 4. The van der Waals surface area contributed by atoms with Crippen LogP contribution in [0.4, 0.5) is 5.69 Å². The first kappa shape index (κ1) is 20.7. The highest BCUT2D eigenvalue weighted by Crippen LogP contribution is 2.31. The number of carbonyl (C=O) groups is 3. The van der Waals surface area contributed by atoms with Crippen molar-refractivity contribution in [2.45, 2.75) is 13.1 Å². The second-order valence-corrected chi connectivity index (χ2v) is 8.42. The van der Waals surface area contributed by atoms with Crippen molar-refractivity contribution in [2.24, 2.45) is 4.99 Å². The maximum Gasteiger partial charge on any atom is 0.265 e. The number of fused-ring (bicyclic) bond motifs is 1. The number of halogens is 1. The second kappa shape index (κ2) is 8.65. The van der Waals surface area contributed by atoms with Crippen LogP contribution in [0.2, 0.25) is 4.34 Å². The maximum atomic E-state index is 13.0. The number of amides is 3. The van der Waals surface area contributed by atoms with Gasteiger partial charge in [0.2, 0.25) is 6.08 Å². The molecule has 3 amide bonds. The Morgan fingerprint density at radius 2 is 1.77 bits per heavy atom. The molecule has 3 aromatic rings. The van der Waals surface area contributed by atoms with Crippen LogP contribution in [-0.2, 0) is 17.9 Å². The number of hydrogen-bond donors (Lipinski definition) is 1. The van der Waals surface area contributed by atoms with E-state index in [0.717, 1.165) is 27.4 Å². The Bertz CT molecular complexity index is 1250. The molecule has 9 heteroatoms. The summed E-state index contributed by atoms with van der Waals surface area (Å²) in [6.07, 6.45) is 1.48. The fourth-order valence-corrected chi connectivity index (χ4v) is 4.20. The third-order valence-corrected chi connectivity index (χ3v) is 5.96. The fraction of sp³-hybridized carbons (Fsp3) is 0.0909. The van der Waals surface area contributed by atoms with E-state index in [0.29, 0.717) is 9.21 Å². The predicted octanol–water partition coefficient (Wildman–Crippen LogP) is 4.29. The van der Waals surface area contributed by atoms with Crippen LogP contribution in [0.1, 0.15) is 41.5 Å². The summed E-state index contributed by atoms with van der Waals surface area (Å²) in [7, 11) is 0. The summed E-state index contributed by atoms with van der Waals surface area (Å²) in [5.41, 5.74) is 2.24. The Morgan fingerprint density at radius 3 is 2.45 bits per heavy atom. The highest BCUT2D eigenvalue weighted by Gasteiger charge is 2.37. The topological polar surface area (TPSA) is 95.9 Å². The largest absolute Gasteiger partial charge is 0.321 e. The van der Waals surface area contributed by atoms with Crippen molar-refractivity contribution in [3.05, 3.63) is 86.1 Å². The SMILES string of the molecule is O=C=NCc1ccc(CN2C(=O)c3cccc(NC(=O)c4ccc(Cl)s4)c3C2=O)cc1. The Kier molecular flexibility index (Phi) is 5.77. The predicted molar refractivity (Wildman–Crippen MR) is 116 cm³/mol. The van der Waals surface area contributed by atoms with Crippen molar-refractivity contribution in [2.75, 3.05) is 5.32 Å². The number of hydrogen-bond acceptors (Lipinski definition) is 6. The van der Waals surface area contributed by atoms with Gasteiger partial charge in [-0.15, -0.1) is 11.3 Å². The van der Waals surface area contributed by atoms with Crippen LogP contribution in [0.25, 0.3) is 0 Å².